The average molecular weight is 455 g/mol. The highest BCUT2D eigenvalue weighted by molar-refractivity contribution is 6.06. The second-order valence-electron chi connectivity index (χ2n) is 8.19. The van der Waals surface area contributed by atoms with Gasteiger partial charge in [-0.2, -0.15) is 0 Å². The van der Waals surface area contributed by atoms with Crippen LogP contribution in [0, 0.1) is 11.6 Å². The van der Waals surface area contributed by atoms with E-state index in [-0.39, 0.29) is 43.6 Å². The number of pyridine rings is 1. The van der Waals surface area contributed by atoms with E-state index < -0.39 is 46.9 Å². The van der Waals surface area contributed by atoms with Crippen LogP contribution in [0.5, 0.6) is 0 Å². The SMILES string of the molecule is CNc1ccc2c(n1)CN(C(=O)c1c(F)cc3c(c1F)CN(C1CCC(=O)NC1=O)C3=O)C2. The Hall–Kier alpha value is -3.89. The molecule has 1 unspecified atom stereocenters. The van der Waals surface area contributed by atoms with Crippen molar-refractivity contribution in [3.8, 4) is 0 Å². The van der Waals surface area contributed by atoms with Gasteiger partial charge in [0.25, 0.3) is 11.8 Å². The summed E-state index contributed by atoms with van der Waals surface area (Å²) in [6.07, 6.45) is 0.129. The molecule has 3 aliphatic rings. The molecule has 0 radical (unpaired) electrons. The molecule has 1 fully saturated rings. The number of carbonyl (C=O) groups is 4. The Bertz CT molecular complexity index is 1250. The summed E-state index contributed by atoms with van der Waals surface area (Å²) < 4.78 is 30.3. The fourth-order valence-corrected chi connectivity index (χ4v) is 4.52. The minimum Gasteiger partial charge on any atom is -0.373 e. The topological polar surface area (TPSA) is 112 Å². The highest BCUT2D eigenvalue weighted by Gasteiger charge is 2.42. The van der Waals surface area contributed by atoms with Crippen molar-refractivity contribution in [1.29, 1.82) is 0 Å². The third-order valence-corrected chi connectivity index (χ3v) is 6.25. The first-order valence-corrected chi connectivity index (χ1v) is 10.4. The van der Waals surface area contributed by atoms with E-state index in [2.05, 4.69) is 15.6 Å². The first-order valence-electron chi connectivity index (χ1n) is 10.4. The van der Waals surface area contributed by atoms with Gasteiger partial charge in [0.1, 0.15) is 29.1 Å². The number of nitrogens with one attached hydrogen (secondary N) is 2. The van der Waals surface area contributed by atoms with Gasteiger partial charge >= 0.3 is 0 Å². The number of benzene rings is 1. The molecule has 4 amide bonds. The summed E-state index contributed by atoms with van der Waals surface area (Å²) in [4.78, 5) is 56.2. The number of hydrogen-bond acceptors (Lipinski definition) is 6. The second-order valence-corrected chi connectivity index (χ2v) is 8.19. The highest BCUT2D eigenvalue weighted by Crippen LogP contribution is 2.34. The number of nitrogens with zero attached hydrogens (tertiary/aromatic N) is 3. The molecule has 170 valence electrons. The van der Waals surface area contributed by atoms with Crippen molar-refractivity contribution in [1.82, 2.24) is 20.1 Å². The summed E-state index contributed by atoms with van der Waals surface area (Å²) in [6, 6.07) is 3.43. The molecule has 5 rings (SSSR count). The Morgan fingerprint density at radius 1 is 1.18 bits per heavy atom. The van der Waals surface area contributed by atoms with Crippen LogP contribution in [-0.2, 0) is 29.2 Å². The van der Waals surface area contributed by atoms with E-state index in [4.69, 9.17) is 0 Å². The van der Waals surface area contributed by atoms with Crippen molar-refractivity contribution in [3.63, 3.8) is 0 Å². The lowest BCUT2D eigenvalue weighted by molar-refractivity contribution is -0.136. The maximum atomic E-state index is 15.4. The first kappa shape index (κ1) is 21.0. The number of hydrogen-bond donors (Lipinski definition) is 2. The van der Waals surface area contributed by atoms with Crippen LogP contribution in [0.3, 0.4) is 0 Å². The van der Waals surface area contributed by atoms with E-state index in [1.165, 1.54) is 4.90 Å². The van der Waals surface area contributed by atoms with Gasteiger partial charge in [0.2, 0.25) is 11.8 Å². The van der Waals surface area contributed by atoms with E-state index in [9.17, 15) is 23.6 Å². The average Bonchev–Trinajstić information content (AvgIpc) is 3.35. The summed E-state index contributed by atoms with van der Waals surface area (Å²) in [5.41, 5.74) is 0.311. The van der Waals surface area contributed by atoms with Crippen molar-refractivity contribution in [3.05, 3.63) is 57.8 Å². The summed E-state index contributed by atoms with van der Waals surface area (Å²) >= 11 is 0. The van der Waals surface area contributed by atoms with Crippen LogP contribution >= 0.6 is 0 Å². The first-order chi connectivity index (χ1) is 15.8. The number of imide groups is 1. The van der Waals surface area contributed by atoms with E-state index in [1.54, 1.807) is 19.2 Å². The molecule has 0 spiro atoms. The van der Waals surface area contributed by atoms with Crippen LogP contribution in [0.25, 0.3) is 0 Å². The van der Waals surface area contributed by atoms with Crippen LogP contribution < -0.4 is 10.6 Å². The monoisotopic (exact) mass is 455 g/mol. The molecule has 1 atom stereocenters. The Morgan fingerprint density at radius 3 is 2.70 bits per heavy atom. The number of halogens is 2. The van der Waals surface area contributed by atoms with Crippen molar-refractivity contribution < 1.29 is 28.0 Å². The Kier molecular flexibility index (Phi) is 4.84. The second kappa shape index (κ2) is 7.61. The summed E-state index contributed by atoms with van der Waals surface area (Å²) in [7, 11) is 1.71. The zero-order valence-corrected chi connectivity index (χ0v) is 17.6. The van der Waals surface area contributed by atoms with Gasteiger partial charge in [-0.3, -0.25) is 24.5 Å². The fraction of sp³-hybridized carbons (Fsp3) is 0.318. The molecule has 4 heterocycles. The molecule has 9 nitrogen and oxygen atoms in total. The summed E-state index contributed by atoms with van der Waals surface area (Å²) in [5, 5.41) is 5.05. The van der Waals surface area contributed by atoms with Crippen molar-refractivity contribution in [2.45, 2.75) is 38.5 Å². The zero-order valence-electron chi connectivity index (χ0n) is 17.6. The van der Waals surface area contributed by atoms with E-state index >= 15 is 4.39 Å². The molecule has 33 heavy (non-hydrogen) atoms. The van der Waals surface area contributed by atoms with Gasteiger partial charge in [0.05, 0.1) is 24.3 Å². The third kappa shape index (κ3) is 3.31. The number of aromatic nitrogens is 1. The summed E-state index contributed by atoms with van der Waals surface area (Å²) in [5.74, 6) is -4.31. The Balaban J connectivity index is 1.43. The minimum atomic E-state index is -1.14. The number of carbonyl (C=O) groups excluding carboxylic acids is 4. The number of rotatable bonds is 3. The molecule has 1 aromatic carbocycles. The standard InChI is InChI=1S/C22H19F2N5O4/c1-25-16-4-2-10-7-28(9-14(10)26-16)22(33)18-13(23)6-11-12(19(18)24)8-29(21(11)32)15-3-5-17(30)27-20(15)31/h2,4,6,15H,3,5,7-9H2,1H3,(H,25,26)(H,27,30,31). The highest BCUT2D eigenvalue weighted by atomic mass is 19.1. The Morgan fingerprint density at radius 2 is 1.97 bits per heavy atom. The lowest BCUT2D eigenvalue weighted by atomic mass is 10.0. The van der Waals surface area contributed by atoms with Crippen molar-refractivity contribution in [2.75, 3.05) is 12.4 Å². The van der Waals surface area contributed by atoms with Crippen LogP contribution in [-0.4, -0.2) is 51.5 Å². The van der Waals surface area contributed by atoms with Crippen LogP contribution in [0.1, 0.15) is 50.4 Å². The normalized spacial score (nSPS) is 19.5. The van der Waals surface area contributed by atoms with E-state index in [0.29, 0.717) is 11.5 Å². The van der Waals surface area contributed by atoms with Crippen LogP contribution in [0.4, 0.5) is 14.6 Å². The molecular weight excluding hydrogens is 436 g/mol. The predicted molar refractivity (Wildman–Crippen MR) is 110 cm³/mol. The van der Waals surface area contributed by atoms with Gasteiger partial charge in [-0.1, -0.05) is 6.07 Å². The third-order valence-electron chi connectivity index (χ3n) is 6.25. The van der Waals surface area contributed by atoms with Gasteiger partial charge in [-0.25, -0.2) is 13.8 Å². The van der Waals surface area contributed by atoms with E-state index in [1.807, 2.05) is 0 Å². The fourth-order valence-electron chi connectivity index (χ4n) is 4.52. The molecule has 2 aromatic rings. The lowest BCUT2D eigenvalue weighted by Crippen LogP contribution is -2.52. The largest absolute Gasteiger partial charge is 0.373 e. The van der Waals surface area contributed by atoms with Crippen molar-refractivity contribution in [2.24, 2.45) is 0 Å². The minimum absolute atomic E-state index is 0.0376. The molecule has 3 aliphatic heterocycles. The molecule has 1 aromatic heterocycles. The molecule has 0 saturated carbocycles. The maximum absolute atomic E-state index is 15.4. The molecule has 0 bridgehead atoms. The molecule has 1 saturated heterocycles. The van der Waals surface area contributed by atoms with Gasteiger partial charge in [0.15, 0.2) is 0 Å². The number of amides is 4. The van der Waals surface area contributed by atoms with Gasteiger partial charge < -0.3 is 15.1 Å². The molecule has 2 N–H and O–H groups in total. The lowest BCUT2D eigenvalue weighted by Gasteiger charge is -2.29. The molecule has 11 heteroatoms. The van der Waals surface area contributed by atoms with Gasteiger partial charge in [-0.05, 0) is 24.1 Å². The van der Waals surface area contributed by atoms with E-state index in [0.717, 1.165) is 16.5 Å². The zero-order chi connectivity index (χ0) is 23.4. The van der Waals surface area contributed by atoms with Crippen LogP contribution in [0.2, 0.25) is 0 Å². The number of fused-ring (bicyclic) bond motifs is 2. The number of anilines is 1. The quantitative estimate of drug-likeness (QED) is 0.676. The molecular formula is C22H19F2N5O4. The van der Waals surface area contributed by atoms with Gasteiger partial charge in [-0.15, -0.1) is 0 Å². The smallest absolute Gasteiger partial charge is 0.260 e. The van der Waals surface area contributed by atoms with Gasteiger partial charge in [0, 0.05) is 25.6 Å². The number of piperidine rings is 1. The van der Waals surface area contributed by atoms with Crippen molar-refractivity contribution >= 4 is 29.4 Å². The predicted octanol–water partition coefficient (Wildman–Crippen LogP) is 1.32. The Labute approximate surface area is 186 Å². The van der Waals surface area contributed by atoms with Crippen LogP contribution in [0.15, 0.2) is 18.2 Å². The maximum Gasteiger partial charge on any atom is 0.260 e. The summed E-state index contributed by atoms with van der Waals surface area (Å²) in [6.45, 7) is -0.0381. The molecule has 0 aliphatic carbocycles.